The number of fused-ring (bicyclic) bond motifs is 1. The number of thioether (sulfide) groups is 1. The van der Waals surface area contributed by atoms with Crippen molar-refractivity contribution in [3.63, 3.8) is 0 Å². The molecular weight excluding hydrogens is 252 g/mol. The van der Waals surface area contributed by atoms with Crippen LogP contribution in [-0.2, 0) is 7.05 Å². The van der Waals surface area contributed by atoms with Crippen molar-refractivity contribution in [3.8, 4) is 0 Å². The molecule has 2 aromatic rings. The first-order chi connectivity index (χ1) is 9.31. The molecule has 2 N–H and O–H groups in total. The number of hydrogen-bond donors (Lipinski definition) is 1. The summed E-state index contributed by atoms with van der Waals surface area (Å²) in [6.07, 6.45) is 4.93. The van der Waals surface area contributed by atoms with E-state index in [0.717, 1.165) is 12.5 Å². The van der Waals surface area contributed by atoms with E-state index in [2.05, 4.69) is 53.8 Å². The Morgan fingerprint density at radius 2 is 2.05 bits per heavy atom. The smallest absolute Gasteiger partial charge is 0.0480 e. The maximum absolute atomic E-state index is 6.12. The van der Waals surface area contributed by atoms with Gasteiger partial charge in [-0.1, -0.05) is 18.2 Å². The summed E-state index contributed by atoms with van der Waals surface area (Å²) in [4.78, 5) is 0. The fourth-order valence-corrected chi connectivity index (χ4v) is 4.50. The molecule has 1 aliphatic rings. The van der Waals surface area contributed by atoms with Gasteiger partial charge in [0.1, 0.15) is 0 Å². The van der Waals surface area contributed by atoms with E-state index >= 15 is 0 Å². The summed E-state index contributed by atoms with van der Waals surface area (Å²) in [5, 5.41) is 1.39. The normalized spacial score (nSPS) is 18.8. The molecule has 0 amide bonds. The average molecular weight is 274 g/mol. The molecule has 1 fully saturated rings. The maximum Gasteiger partial charge on any atom is 0.0480 e. The van der Waals surface area contributed by atoms with E-state index in [1.165, 1.54) is 40.8 Å². The highest BCUT2D eigenvalue weighted by molar-refractivity contribution is 7.99. The molecular formula is C16H22N2S. The Morgan fingerprint density at radius 3 is 2.79 bits per heavy atom. The molecule has 0 aliphatic carbocycles. The molecule has 0 bridgehead atoms. The van der Waals surface area contributed by atoms with Gasteiger partial charge in [-0.3, -0.25) is 0 Å². The third-order valence-corrected chi connectivity index (χ3v) is 5.46. The van der Waals surface area contributed by atoms with E-state index in [1.54, 1.807) is 0 Å². The minimum absolute atomic E-state index is 0.520. The lowest BCUT2D eigenvalue weighted by molar-refractivity contribution is 0.402. The van der Waals surface area contributed by atoms with Gasteiger partial charge in [0, 0.05) is 30.1 Å². The highest BCUT2D eigenvalue weighted by atomic mass is 32.2. The van der Waals surface area contributed by atoms with Crippen LogP contribution < -0.4 is 5.73 Å². The first kappa shape index (κ1) is 13.1. The summed E-state index contributed by atoms with van der Waals surface area (Å²) in [5.41, 5.74) is 8.90. The fraction of sp³-hybridized carbons (Fsp3) is 0.500. The zero-order chi connectivity index (χ0) is 13.2. The Hall–Kier alpha value is -0.930. The van der Waals surface area contributed by atoms with Crippen molar-refractivity contribution in [2.45, 2.75) is 18.8 Å². The molecule has 1 unspecified atom stereocenters. The van der Waals surface area contributed by atoms with Gasteiger partial charge in [-0.25, -0.2) is 0 Å². The van der Waals surface area contributed by atoms with Crippen molar-refractivity contribution in [1.29, 1.82) is 0 Å². The van der Waals surface area contributed by atoms with Crippen molar-refractivity contribution < 1.29 is 0 Å². The van der Waals surface area contributed by atoms with E-state index in [4.69, 9.17) is 5.73 Å². The molecule has 1 aliphatic heterocycles. The van der Waals surface area contributed by atoms with E-state index in [9.17, 15) is 0 Å². The van der Waals surface area contributed by atoms with Gasteiger partial charge >= 0.3 is 0 Å². The third kappa shape index (κ3) is 2.41. The zero-order valence-corrected chi connectivity index (χ0v) is 12.3. The van der Waals surface area contributed by atoms with Crippen LogP contribution in [0.25, 0.3) is 10.9 Å². The predicted molar refractivity (Wildman–Crippen MR) is 84.8 cm³/mol. The van der Waals surface area contributed by atoms with Crippen LogP contribution in [0, 0.1) is 5.92 Å². The Balaban J connectivity index is 2.01. The second-order valence-corrected chi connectivity index (χ2v) is 6.73. The topological polar surface area (TPSA) is 30.9 Å². The average Bonchev–Trinajstić information content (AvgIpc) is 2.79. The summed E-state index contributed by atoms with van der Waals surface area (Å²) in [6.45, 7) is 0.767. The highest BCUT2D eigenvalue weighted by Crippen LogP contribution is 2.37. The van der Waals surface area contributed by atoms with Crippen LogP contribution in [0.15, 0.2) is 30.5 Å². The third-order valence-electron chi connectivity index (χ3n) is 4.42. The highest BCUT2D eigenvalue weighted by Gasteiger charge is 2.26. The van der Waals surface area contributed by atoms with Gasteiger partial charge < -0.3 is 10.3 Å². The number of nitrogens with two attached hydrogens (primary N) is 1. The maximum atomic E-state index is 6.12. The van der Waals surface area contributed by atoms with Crippen LogP contribution in [0.2, 0.25) is 0 Å². The molecule has 1 saturated heterocycles. The van der Waals surface area contributed by atoms with Gasteiger partial charge in [0.2, 0.25) is 0 Å². The number of benzene rings is 1. The summed E-state index contributed by atoms with van der Waals surface area (Å²) >= 11 is 2.08. The molecule has 19 heavy (non-hydrogen) atoms. The van der Waals surface area contributed by atoms with Gasteiger partial charge in [0.05, 0.1) is 0 Å². The summed E-state index contributed by atoms with van der Waals surface area (Å²) in [6, 6.07) is 8.69. The van der Waals surface area contributed by atoms with Crippen molar-refractivity contribution in [2.75, 3.05) is 18.1 Å². The molecule has 102 valence electrons. The van der Waals surface area contributed by atoms with Crippen LogP contribution >= 0.6 is 11.8 Å². The number of hydrogen-bond acceptors (Lipinski definition) is 2. The van der Waals surface area contributed by atoms with Gasteiger partial charge in [0.15, 0.2) is 0 Å². The van der Waals surface area contributed by atoms with Crippen LogP contribution in [0.1, 0.15) is 24.3 Å². The number of nitrogens with zero attached hydrogens (tertiary/aromatic N) is 1. The largest absolute Gasteiger partial charge is 0.350 e. The Morgan fingerprint density at radius 1 is 1.32 bits per heavy atom. The lowest BCUT2D eigenvalue weighted by atomic mass is 9.82. The van der Waals surface area contributed by atoms with Gasteiger partial charge in [0.25, 0.3) is 0 Å². The molecule has 2 nitrogen and oxygen atoms in total. The molecule has 3 rings (SSSR count). The van der Waals surface area contributed by atoms with E-state index in [1.807, 2.05) is 0 Å². The van der Waals surface area contributed by atoms with Crippen molar-refractivity contribution in [3.05, 3.63) is 36.0 Å². The second kappa shape index (κ2) is 5.59. The van der Waals surface area contributed by atoms with Crippen molar-refractivity contribution in [2.24, 2.45) is 18.7 Å². The predicted octanol–water partition coefficient (Wildman–Crippen LogP) is 3.36. The quantitative estimate of drug-likeness (QED) is 0.930. The SMILES string of the molecule is Cn1cc(C(CN)C2CCSCC2)c2ccccc21. The van der Waals surface area contributed by atoms with Gasteiger partial charge in [-0.2, -0.15) is 11.8 Å². The first-order valence-electron chi connectivity index (χ1n) is 7.13. The Labute approximate surface area is 119 Å². The second-order valence-electron chi connectivity index (χ2n) is 5.50. The molecule has 2 heterocycles. The molecule has 0 spiro atoms. The summed E-state index contributed by atoms with van der Waals surface area (Å²) in [7, 11) is 2.14. The zero-order valence-electron chi connectivity index (χ0n) is 11.5. The lowest BCUT2D eigenvalue weighted by Crippen LogP contribution is -2.24. The molecule has 0 radical (unpaired) electrons. The van der Waals surface area contributed by atoms with Crippen molar-refractivity contribution >= 4 is 22.7 Å². The number of rotatable bonds is 3. The Kier molecular flexibility index (Phi) is 3.85. The van der Waals surface area contributed by atoms with Gasteiger partial charge in [-0.05, 0) is 48.4 Å². The minimum Gasteiger partial charge on any atom is -0.350 e. The first-order valence-corrected chi connectivity index (χ1v) is 8.28. The van der Waals surface area contributed by atoms with Crippen LogP contribution in [0.4, 0.5) is 0 Å². The van der Waals surface area contributed by atoms with Crippen molar-refractivity contribution in [1.82, 2.24) is 4.57 Å². The molecule has 1 aromatic carbocycles. The van der Waals surface area contributed by atoms with E-state index in [0.29, 0.717) is 5.92 Å². The standard InChI is InChI=1S/C16H22N2S/c1-18-11-15(13-4-2-3-5-16(13)18)14(10-17)12-6-8-19-9-7-12/h2-5,11-12,14H,6-10,17H2,1H3. The fourth-order valence-electron chi connectivity index (χ4n) is 3.36. The summed E-state index contributed by atoms with van der Waals surface area (Å²) < 4.78 is 2.24. The summed E-state index contributed by atoms with van der Waals surface area (Å²) in [5.74, 6) is 3.88. The van der Waals surface area contributed by atoms with Crippen LogP contribution in [0.3, 0.4) is 0 Å². The Bertz CT molecular complexity index is 555. The van der Waals surface area contributed by atoms with Crippen LogP contribution in [-0.4, -0.2) is 22.6 Å². The number of aromatic nitrogens is 1. The van der Waals surface area contributed by atoms with E-state index in [-0.39, 0.29) is 0 Å². The molecule has 1 aromatic heterocycles. The molecule has 3 heteroatoms. The van der Waals surface area contributed by atoms with E-state index < -0.39 is 0 Å². The number of para-hydroxylation sites is 1. The lowest BCUT2D eigenvalue weighted by Gasteiger charge is -2.29. The number of aryl methyl sites for hydroxylation is 1. The monoisotopic (exact) mass is 274 g/mol. The molecule has 1 atom stereocenters. The molecule has 0 saturated carbocycles. The van der Waals surface area contributed by atoms with Crippen LogP contribution in [0.5, 0.6) is 0 Å². The minimum atomic E-state index is 0.520. The van der Waals surface area contributed by atoms with Gasteiger partial charge in [-0.15, -0.1) is 0 Å².